The molecule has 1 heterocycles. The van der Waals surface area contributed by atoms with Gasteiger partial charge >= 0.3 is 5.97 Å². The summed E-state index contributed by atoms with van der Waals surface area (Å²) in [6.07, 6.45) is 0.941. The average Bonchev–Trinajstić information content (AvgIpc) is 2.73. The highest BCUT2D eigenvalue weighted by molar-refractivity contribution is 5.71. The van der Waals surface area contributed by atoms with Crippen LogP contribution >= 0.6 is 0 Å². The fraction of sp³-hybridized carbons (Fsp3) is 0.533. The molecule has 1 saturated heterocycles. The Morgan fingerprint density at radius 1 is 1.23 bits per heavy atom. The molecular weight excluding hydrogens is 286 g/mol. The third-order valence-electron chi connectivity index (χ3n) is 3.67. The molecule has 0 radical (unpaired) electrons. The van der Waals surface area contributed by atoms with Crippen LogP contribution in [0.5, 0.6) is 0 Å². The Labute approximate surface area is 129 Å². The van der Waals surface area contributed by atoms with E-state index in [0.29, 0.717) is 13.2 Å². The van der Waals surface area contributed by atoms with Crippen molar-refractivity contribution in [1.82, 2.24) is 4.90 Å². The quantitative estimate of drug-likeness (QED) is 0.468. The van der Waals surface area contributed by atoms with E-state index in [1.807, 2.05) is 0 Å². The van der Waals surface area contributed by atoms with E-state index in [1.54, 1.807) is 19.1 Å². The van der Waals surface area contributed by atoms with E-state index in [-0.39, 0.29) is 11.7 Å². The largest absolute Gasteiger partial charge is 0.465 e. The van der Waals surface area contributed by atoms with Gasteiger partial charge in [0.2, 0.25) is 0 Å². The van der Waals surface area contributed by atoms with Crippen LogP contribution in [0.25, 0.3) is 0 Å². The Bertz CT molecular complexity index is 518. The molecule has 0 bridgehead atoms. The van der Waals surface area contributed by atoms with Gasteiger partial charge in [-0.15, -0.1) is 0 Å². The fourth-order valence-electron chi connectivity index (χ4n) is 2.56. The van der Waals surface area contributed by atoms with Crippen LogP contribution in [0.4, 0.5) is 11.4 Å². The summed E-state index contributed by atoms with van der Waals surface area (Å²) in [5.74, 6) is -0.189. The smallest absolute Gasteiger partial charge is 0.320 e. The SMILES string of the molecule is CCOC(=O)CN1CCCN(c2ccc([N+](=O)[O-])cc2)CC1. The molecule has 0 amide bonds. The zero-order valence-corrected chi connectivity index (χ0v) is 12.7. The molecule has 0 atom stereocenters. The highest BCUT2D eigenvalue weighted by Crippen LogP contribution is 2.20. The number of esters is 1. The van der Waals surface area contributed by atoms with Crippen molar-refractivity contribution in [2.24, 2.45) is 0 Å². The summed E-state index contributed by atoms with van der Waals surface area (Å²) in [4.78, 5) is 26.1. The van der Waals surface area contributed by atoms with Crippen LogP contribution in [-0.2, 0) is 9.53 Å². The number of non-ortho nitro benzene ring substituents is 1. The first-order chi connectivity index (χ1) is 10.6. The highest BCUT2D eigenvalue weighted by Gasteiger charge is 2.18. The third kappa shape index (κ3) is 4.42. The Morgan fingerprint density at radius 3 is 2.59 bits per heavy atom. The highest BCUT2D eigenvalue weighted by atomic mass is 16.6. The molecule has 1 aliphatic rings. The molecule has 1 aliphatic heterocycles. The minimum Gasteiger partial charge on any atom is -0.465 e. The number of carbonyl (C=O) groups is 1. The lowest BCUT2D eigenvalue weighted by atomic mass is 10.2. The van der Waals surface area contributed by atoms with Gasteiger partial charge in [-0.05, 0) is 25.5 Å². The van der Waals surface area contributed by atoms with Crippen molar-refractivity contribution >= 4 is 17.3 Å². The summed E-state index contributed by atoms with van der Waals surface area (Å²) >= 11 is 0. The van der Waals surface area contributed by atoms with E-state index in [0.717, 1.165) is 38.3 Å². The van der Waals surface area contributed by atoms with Crippen molar-refractivity contribution in [1.29, 1.82) is 0 Å². The number of anilines is 1. The predicted octanol–water partition coefficient (Wildman–Crippen LogP) is 1.67. The van der Waals surface area contributed by atoms with Crippen LogP contribution in [0.2, 0.25) is 0 Å². The zero-order valence-electron chi connectivity index (χ0n) is 12.7. The van der Waals surface area contributed by atoms with E-state index >= 15 is 0 Å². The standard InChI is InChI=1S/C15H21N3O4/c1-2-22-15(19)12-16-8-3-9-17(11-10-16)13-4-6-14(7-5-13)18(20)21/h4-7H,2-3,8-12H2,1H3. The Hall–Kier alpha value is -2.15. The lowest BCUT2D eigenvalue weighted by Crippen LogP contribution is -2.34. The summed E-state index contributed by atoms with van der Waals surface area (Å²) in [5.41, 5.74) is 1.08. The minimum atomic E-state index is -0.396. The fourth-order valence-corrected chi connectivity index (χ4v) is 2.56. The summed E-state index contributed by atoms with van der Waals surface area (Å²) in [5, 5.41) is 10.7. The second-order valence-electron chi connectivity index (χ2n) is 5.20. The second kappa shape index (κ2) is 7.74. The molecule has 1 aromatic carbocycles. The third-order valence-corrected chi connectivity index (χ3v) is 3.67. The number of benzene rings is 1. The first-order valence-corrected chi connectivity index (χ1v) is 7.47. The predicted molar refractivity (Wildman–Crippen MR) is 83.0 cm³/mol. The Balaban J connectivity index is 1.92. The first kappa shape index (κ1) is 16.2. The van der Waals surface area contributed by atoms with Gasteiger partial charge in [0.05, 0.1) is 18.1 Å². The lowest BCUT2D eigenvalue weighted by molar-refractivity contribution is -0.384. The van der Waals surface area contributed by atoms with Crippen LogP contribution in [-0.4, -0.2) is 55.1 Å². The molecular formula is C15H21N3O4. The molecule has 0 N–H and O–H groups in total. The number of nitrogens with zero attached hydrogens (tertiary/aromatic N) is 3. The van der Waals surface area contributed by atoms with Gasteiger partial charge in [0.15, 0.2) is 0 Å². The molecule has 0 aliphatic carbocycles. The van der Waals surface area contributed by atoms with E-state index in [1.165, 1.54) is 12.1 Å². The monoisotopic (exact) mass is 307 g/mol. The molecule has 2 rings (SSSR count). The van der Waals surface area contributed by atoms with Gasteiger partial charge in [-0.3, -0.25) is 19.8 Å². The number of hydrogen-bond acceptors (Lipinski definition) is 6. The summed E-state index contributed by atoms with van der Waals surface area (Å²) in [7, 11) is 0. The van der Waals surface area contributed by atoms with Crippen molar-refractivity contribution in [3.8, 4) is 0 Å². The summed E-state index contributed by atoms with van der Waals surface area (Å²) in [6, 6.07) is 6.60. The van der Waals surface area contributed by atoms with Crippen molar-refractivity contribution < 1.29 is 14.5 Å². The zero-order chi connectivity index (χ0) is 15.9. The van der Waals surface area contributed by atoms with Crippen LogP contribution in [0.1, 0.15) is 13.3 Å². The Morgan fingerprint density at radius 2 is 1.95 bits per heavy atom. The number of nitro benzene ring substituents is 1. The molecule has 0 spiro atoms. The first-order valence-electron chi connectivity index (χ1n) is 7.47. The van der Waals surface area contributed by atoms with Gasteiger partial charge in [0.25, 0.3) is 5.69 Å². The van der Waals surface area contributed by atoms with Crippen LogP contribution in [0, 0.1) is 10.1 Å². The van der Waals surface area contributed by atoms with Gasteiger partial charge in [-0.1, -0.05) is 0 Å². The van der Waals surface area contributed by atoms with Crippen LogP contribution < -0.4 is 4.90 Å². The molecule has 0 saturated carbocycles. The molecule has 1 aromatic rings. The molecule has 0 unspecified atom stereocenters. The molecule has 1 fully saturated rings. The van der Waals surface area contributed by atoms with Crippen LogP contribution in [0.3, 0.4) is 0 Å². The van der Waals surface area contributed by atoms with Crippen molar-refractivity contribution in [2.75, 3.05) is 44.2 Å². The number of rotatable bonds is 5. The van der Waals surface area contributed by atoms with E-state index in [2.05, 4.69) is 9.80 Å². The number of ether oxygens (including phenoxy) is 1. The molecule has 7 nitrogen and oxygen atoms in total. The molecule has 120 valence electrons. The summed E-state index contributed by atoms with van der Waals surface area (Å²) < 4.78 is 4.97. The normalized spacial score (nSPS) is 16.1. The van der Waals surface area contributed by atoms with Crippen molar-refractivity contribution in [2.45, 2.75) is 13.3 Å². The van der Waals surface area contributed by atoms with Gasteiger partial charge in [0.1, 0.15) is 0 Å². The minimum absolute atomic E-state index is 0.0995. The van der Waals surface area contributed by atoms with Gasteiger partial charge in [-0.2, -0.15) is 0 Å². The number of nitro groups is 1. The van der Waals surface area contributed by atoms with E-state index < -0.39 is 4.92 Å². The maximum absolute atomic E-state index is 11.5. The average molecular weight is 307 g/mol. The molecule has 7 heteroatoms. The van der Waals surface area contributed by atoms with Crippen LogP contribution in [0.15, 0.2) is 24.3 Å². The molecule has 22 heavy (non-hydrogen) atoms. The van der Waals surface area contributed by atoms with Crippen molar-refractivity contribution in [3.63, 3.8) is 0 Å². The number of hydrogen-bond donors (Lipinski definition) is 0. The van der Waals surface area contributed by atoms with Crippen molar-refractivity contribution in [3.05, 3.63) is 34.4 Å². The topological polar surface area (TPSA) is 75.9 Å². The number of carbonyl (C=O) groups excluding carboxylic acids is 1. The van der Waals surface area contributed by atoms with E-state index in [9.17, 15) is 14.9 Å². The maximum Gasteiger partial charge on any atom is 0.320 e. The molecule has 0 aromatic heterocycles. The second-order valence-corrected chi connectivity index (χ2v) is 5.20. The van der Waals surface area contributed by atoms with E-state index in [4.69, 9.17) is 4.74 Å². The maximum atomic E-state index is 11.5. The van der Waals surface area contributed by atoms with Gasteiger partial charge < -0.3 is 9.64 Å². The van der Waals surface area contributed by atoms with Gasteiger partial charge in [0, 0.05) is 44.0 Å². The van der Waals surface area contributed by atoms with Gasteiger partial charge in [-0.25, -0.2) is 0 Å². The summed E-state index contributed by atoms with van der Waals surface area (Å²) in [6.45, 7) is 5.81. The Kier molecular flexibility index (Phi) is 5.71. The lowest BCUT2D eigenvalue weighted by Gasteiger charge is -2.23.